The van der Waals surface area contributed by atoms with Crippen LogP contribution in [-0.2, 0) is 9.59 Å². The predicted molar refractivity (Wildman–Crippen MR) is 61.1 cm³/mol. The van der Waals surface area contributed by atoms with Crippen LogP contribution < -0.4 is 5.32 Å². The number of halogens is 3. The predicted octanol–water partition coefficient (Wildman–Crippen LogP) is 1.23. The lowest BCUT2D eigenvalue weighted by Crippen LogP contribution is -2.46. The van der Waals surface area contributed by atoms with E-state index in [-0.39, 0.29) is 43.8 Å². The molecule has 0 aromatic heterocycles. The first-order chi connectivity index (χ1) is 8.88. The molecule has 2 aliphatic rings. The maximum Gasteiger partial charge on any atom is 0.412 e. The van der Waals surface area contributed by atoms with Gasteiger partial charge < -0.3 is 10.2 Å². The third-order valence-corrected chi connectivity index (χ3v) is 3.50. The molecule has 2 amide bonds. The SMILES string of the molecule is O=C1CCC(C(=O)N2CC=C(C(F)(F)F)CC2)CN1. The second-order valence-electron chi connectivity index (χ2n) is 4.80. The standard InChI is InChI=1S/C12H15F3N2O2/c13-12(14,15)9-3-5-17(6-4-9)11(19)8-1-2-10(18)16-7-8/h3,8H,1-2,4-7H2,(H,16,18). The summed E-state index contributed by atoms with van der Waals surface area (Å²) in [5.41, 5.74) is -0.562. The van der Waals surface area contributed by atoms with Crippen LogP contribution in [0.4, 0.5) is 13.2 Å². The van der Waals surface area contributed by atoms with Gasteiger partial charge in [-0.15, -0.1) is 0 Å². The summed E-state index contributed by atoms with van der Waals surface area (Å²) in [6, 6.07) is 0. The molecule has 4 nitrogen and oxygen atoms in total. The lowest BCUT2D eigenvalue weighted by atomic mass is 9.96. The van der Waals surface area contributed by atoms with Gasteiger partial charge in [0.25, 0.3) is 0 Å². The van der Waals surface area contributed by atoms with E-state index >= 15 is 0 Å². The average molecular weight is 276 g/mol. The lowest BCUT2D eigenvalue weighted by molar-refractivity contribution is -0.138. The third kappa shape index (κ3) is 3.27. The minimum Gasteiger partial charge on any atom is -0.355 e. The first kappa shape index (κ1) is 13.9. The van der Waals surface area contributed by atoms with Gasteiger partial charge in [-0.2, -0.15) is 13.2 Å². The first-order valence-electron chi connectivity index (χ1n) is 6.19. The van der Waals surface area contributed by atoms with E-state index in [1.165, 1.54) is 4.90 Å². The van der Waals surface area contributed by atoms with Crippen LogP contribution in [0.15, 0.2) is 11.6 Å². The molecule has 1 N–H and O–H groups in total. The molecule has 2 aliphatic heterocycles. The van der Waals surface area contributed by atoms with Gasteiger partial charge in [-0.3, -0.25) is 9.59 Å². The molecular formula is C12H15F3N2O2. The number of hydrogen-bond acceptors (Lipinski definition) is 2. The van der Waals surface area contributed by atoms with E-state index in [1.54, 1.807) is 0 Å². The quantitative estimate of drug-likeness (QED) is 0.732. The van der Waals surface area contributed by atoms with E-state index in [0.717, 1.165) is 6.08 Å². The Hall–Kier alpha value is -1.53. The van der Waals surface area contributed by atoms with E-state index in [9.17, 15) is 22.8 Å². The summed E-state index contributed by atoms with van der Waals surface area (Å²) < 4.78 is 37.3. The summed E-state index contributed by atoms with van der Waals surface area (Å²) in [4.78, 5) is 24.5. The third-order valence-electron chi connectivity index (χ3n) is 3.50. The number of rotatable bonds is 1. The molecule has 0 saturated carbocycles. The van der Waals surface area contributed by atoms with E-state index in [2.05, 4.69) is 5.32 Å². The fourth-order valence-electron chi connectivity index (χ4n) is 2.33. The molecule has 0 aromatic rings. The summed E-state index contributed by atoms with van der Waals surface area (Å²) in [5, 5.41) is 2.60. The molecule has 2 heterocycles. The minimum absolute atomic E-state index is 0.00186. The van der Waals surface area contributed by atoms with Gasteiger partial charge in [-0.05, 0) is 12.8 Å². The Morgan fingerprint density at radius 2 is 2.11 bits per heavy atom. The Kier molecular flexibility index (Phi) is 3.82. The fourth-order valence-corrected chi connectivity index (χ4v) is 2.33. The van der Waals surface area contributed by atoms with Gasteiger partial charge in [0.15, 0.2) is 0 Å². The fraction of sp³-hybridized carbons (Fsp3) is 0.667. The molecule has 0 bridgehead atoms. The van der Waals surface area contributed by atoms with Crippen LogP contribution in [0, 0.1) is 5.92 Å². The molecular weight excluding hydrogens is 261 g/mol. The number of nitrogens with zero attached hydrogens (tertiary/aromatic N) is 1. The zero-order valence-corrected chi connectivity index (χ0v) is 10.3. The second kappa shape index (κ2) is 5.22. The molecule has 19 heavy (non-hydrogen) atoms. The van der Waals surface area contributed by atoms with Crippen molar-refractivity contribution in [2.24, 2.45) is 5.92 Å². The topological polar surface area (TPSA) is 49.4 Å². The van der Waals surface area contributed by atoms with E-state index in [4.69, 9.17) is 0 Å². The number of hydrogen-bond donors (Lipinski definition) is 1. The molecule has 1 atom stereocenters. The zero-order valence-electron chi connectivity index (χ0n) is 10.3. The maximum atomic E-state index is 12.4. The van der Waals surface area contributed by atoms with E-state index < -0.39 is 11.7 Å². The zero-order chi connectivity index (χ0) is 14.0. The number of amides is 2. The van der Waals surface area contributed by atoms with Gasteiger partial charge in [-0.25, -0.2) is 0 Å². The van der Waals surface area contributed by atoms with Crippen molar-refractivity contribution in [3.8, 4) is 0 Å². The van der Waals surface area contributed by atoms with Gasteiger partial charge in [0.1, 0.15) is 0 Å². The van der Waals surface area contributed by atoms with Crippen molar-refractivity contribution in [3.05, 3.63) is 11.6 Å². The van der Waals surface area contributed by atoms with E-state index in [1.807, 2.05) is 0 Å². The molecule has 0 aliphatic carbocycles. The number of alkyl halides is 3. The van der Waals surface area contributed by atoms with Crippen LogP contribution >= 0.6 is 0 Å². The summed E-state index contributed by atoms with van der Waals surface area (Å²) in [7, 11) is 0. The highest BCUT2D eigenvalue weighted by molar-refractivity contribution is 5.84. The number of nitrogens with one attached hydrogen (secondary N) is 1. The second-order valence-corrected chi connectivity index (χ2v) is 4.80. The largest absolute Gasteiger partial charge is 0.412 e. The number of carbonyl (C=O) groups is 2. The highest BCUT2D eigenvalue weighted by Crippen LogP contribution is 2.30. The smallest absolute Gasteiger partial charge is 0.355 e. The minimum atomic E-state index is -4.30. The van der Waals surface area contributed by atoms with Crippen molar-refractivity contribution < 1.29 is 22.8 Å². The molecule has 0 spiro atoms. The van der Waals surface area contributed by atoms with Crippen molar-refractivity contribution in [2.45, 2.75) is 25.4 Å². The highest BCUT2D eigenvalue weighted by atomic mass is 19.4. The molecule has 2 rings (SSSR count). The number of piperidine rings is 1. The molecule has 0 aromatic carbocycles. The van der Waals surface area contributed by atoms with Crippen molar-refractivity contribution >= 4 is 11.8 Å². The Morgan fingerprint density at radius 3 is 2.58 bits per heavy atom. The van der Waals surface area contributed by atoms with Gasteiger partial charge in [0.2, 0.25) is 11.8 Å². The van der Waals surface area contributed by atoms with Crippen LogP contribution in [-0.4, -0.2) is 42.5 Å². The van der Waals surface area contributed by atoms with Crippen molar-refractivity contribution in [3.63, 3.8) is 0 Å². The molecule has 1 fully saturated rings. The Balaban J connectivity index is 1.92. The Bertz CT molecular complexity index is 408. The molecule has 1 unspecified atom stereocenters. The van der Waals surface area contributed by atoms with Crippen LogP contribution in [0.3, 0.4) is 0 Å². The molecule has 0 radical (unpaired) electrons. The maximum absolute atomic E-state index is 12.4. The first-order valence-corrected chi connectivity index (χ1v) is 6.19. The summed E-state index contributed by atoms with van der Waals surface area (Å²) in [5.74, 6) is -0.557. The van der Waals surface area contributed by atoms with Gasteiger partial charge in [-0.1, -0.05) is 6.08 Å². The van der Waals surface area contributed by atoms with Crippen LogP contribution in [0.1, 0.15) is 19.3 Å². The average Bonchev–Trinajstić information content (AvgIpc) is 2.38. The molecule has 106 valence electrons. The van der Waals surface area contributed by atoms with Crippen molar-refractivity contribution in [1.29, 1.82) is 0 Å². The number of carbonyl (C=O) groups excluding carboxylic acids is 2. The van der Waals surface area contributed by atoms with Crippen LogP contribution in [0.25, 0.3) is 0 Å². The van der Waals surface area contributed by atoms with Crippen molar-refractivity contribution in [2.75, 3.05) is 19.6 Å². The summed E-state index contributed by atoms with van der Waals surface area (Å²) in [6.45, 7) is 0.372. The summed E-state index contributed by atoms with van der Waals surface area (Å²) in [6.07, 6.45) is -2.62. The molecule has 1 saturated heterocycles. The van der Waals surface area contributed by atoms with Crippen LogP contribution in [0.2, 0.25) is 0 Å². The highest BCUT2D eigenvalue weighted by Gasteiger charge is 2.36. The normalized spacial score (nSPS) is 24.8. The lowest BCUT2D eigenvalue weighted by Gasteiger charge is -2.31. The molecule has 7 heteroatoms. The monoisotopic (exact) mass is 276 g/mol. The Labute approximate surface area is 108 Å². The summed E-state index contributed by atoms with van der Waals surface area (Å²) >= 11 is 0. The van der Waals surface area contributed by atoms with Gasteiger partial charge >= 0.3 is 6.18 Å². The van der Waals surface area contributed by atoms with Crippen LogP contribution in [0.5, 0.6) is 0 Å². The Morgan fingerprint density at radius 1 is 1.37 bits per heavy atom. The van der Waals surface area contributed by atoms with Gasteiger partial charge in [0, 0.05) is 31.6 Å². The van der Waals surface area contributed by atoms with Crippen molar-refractivity contribution in [1.82, 2.24) is 10.2 Å². The van der Waals surface area contributed by atoms with Gasteiger partial charge in [0.05, 0.1) is 5.92 Å². The van der Waals surface area contributed by atoms with E-state index in [0.29, 0.717) is 12.8 Å².